The van der Waals surface area contributed by atoms with Crippen LogP contribution in [0.25, 0.3) is 0 Å². The lowest BCUT2D eigenvalue weighted by Gasteiger charge is -2.51. The fourth-order valence-electron chi connectivity index (χ4n) is 2.93. The molecule has 0 aliphatic heterocycles. The first-order valence-electron chi connectivity index (χ1n) is 8.32. The topological polar surface area (TPSA) is 81.7 Å². The van der Waals surface area contributed by atoms with E-state index < -0.39 is 74.1 Å². The van der Waals surface area contributed by atoms with Gasteiger partial charge in [0.25, 0.3) is 5.91 Å². The van der Waals surface area contributed by atoms with Gasteiger partial charge in [-0.2, -0.15) is 43.9 Å². The fraction of sp³-hybridized carbons (Fsp3) is 0.562. The van der Waals surface area contributed by atoms with E-state index in [0.29, 0.717) is 7.11 Å². The summed E-state index contributed by atoms with van der Waals surface area (Å²) in [6.45, 7) is 0.933. The number of methoxy groups -OCH3 is 2. The molecule has 0 spiro atoms. The van der Waals surface area contributed by atoms with Crippen molar-refractivity contribution in [3.05, 3.63) is 16.0 Å². The zero-order valence-corrected chi connectivity index (χ0v) is 17.4. The summed E-state index contributed by atoms with van der Waals surface area (Å²) in [6.07, 6.45) is 0. The van der Waals surface area contributed by atoms with Crippen molar-refractivity contribution in [3.63, 3.8) is 0 Å². The molecule has 0 saturated heterocycles. The van der Waals surface area contributed by atoms with Crippen LogP contribution < -0.4 is 5.32 Å². The normalized spacial score (nSPS) is 23.0. The Bertz CT molecular complexity index is 1020. The standard InChI is InChI=1S/C16H10F11NO5S/c1-4-5(8(29)32-2)7(34-6(4)9(30)33-3)28-10(31)11(17)12(18,19)14(22,23)16(26,27)15(24,25)13(11,20)21/h1-3H3,(H,28,31). The minimum absolute atomic E-state index is 0.134. The number of anilines is 1. The van der Waals surface area contributed by atoms with E-state index in [4.69, 9.17) is 0 Å². The third-order valence-corrected chi connectivity index (χ3v) is 6.08. The first-order valence-corrected chi connectivity index (χ1v) is 9.14. The predicted molar refractivity (Wildman–Crippen MR) is 88.9 cm³/mol. The molecule has 2 rings (SSSR count). The number of nitrogens with one attached hydrogen (secondary N) is 1. The number of hydrogen-bond donors (Lipinski definition) is 1. The van der Waals surface area contributed by atoms with Gasteiger partial charge in [-0.15, -0.1) is 11.3 Å². The molecule has 1 aliphatic rings. The Labute approximate surface area is 185 Å². The van der Waals surface area contributed by atoms with Crippen molar-refractivity contribution < 1.29 is 72.2 Å². The molecule has 0 atom stereocenters. The average Bonchev–Trinajstić information content (AvgIpc) is 3.05. The number of rotatable bonds is 4. The van der Waals surface area contributed by atoms with E-state index in [-0.39, 0.29) is 11.3 Å². The first-order chi connectivity index (χ1) is 15.1. The van der Waals surface area contributed by atoms with Crippen molar-refractivity contribution in [2.45, 2.75) is 42.2 Å². The van der Waals surface area contributed by atoms with Crippen LogP contribution in [0.1, 0.15) is 25.6 Å². The van der Waals surface area contributed by atoms with Crippen LogP contribution in [0.15, 0.2) is 0 Å². The summed E-state index contributed by atoms with van der Waals surface area (Å²) in [5.74, 6) is -43.8. The highest BCUT2D eigenvalue weighted by atomic mass is 32.1. The summed E-state index contributed by atoms with van der Waals surface area (Å²) in [5, 5.41) is -0.461. The molecule has 1 N–H and O–H groups in total. The van der Waals surface area contributed by atoms with Crippen molar-refractivity contribution in [2.24, 2.45) is 0 Å². The molecule has 1 aromatic heterocycles. The molecule has 192 valence electrons. The van der Waals surface area contributed by atoms with Gasteiger partial charge in [0.15, 0.2) is 0 Å². The van der Waals surface area contributed by atoms with Crippen LogP contribution in [0.3, 0.4) is 0 Å². The Balaban J connectivity index is 2.77. The van der Waals surface area contributed by atoms with Crippen molar-refractivity contribution in [3.8, 4) is 0 Å². The number of thiophene rings is 1. The van der Waals surface area contributed by atoms with Crippen molar-refractivity contribution in [2.75, 3.05) is 19.5 Å². The van der Waals surface area contributed by atoms with E-state index in [1.54, 1.807) is 0 Å². The largest absolute Gasteiger partial charge is 0.465 e. The maximum Gasteiger partial charge on any atom is 0.384 e. The molecule has 1 fully saturated rings. The van der Waals surface area contributed by atoms with Crippen LogP contribution in [0.5, 0.6) is 0 Å². The molecule has 34 heavy (non-hydrogen) atoms. The molecule has 0 aromatic carbocycles. The Morgan fingerprint density at radius 2 is 1.09 bits per heavy atom. The van der Waals surface area contributed by atoms with Crippen LogP contribution in [0.2, 0.25) is 0 Å². The van der Waals surface area contributed by atoms with Gasteiger partial charge in [-0.05, 0) is 12.5 Å². The molecular weight excluding hydrogens is 527 g/mol. The molecule has 0 radical (unpaired) electrons. The third kappa shape index (κ3) is 2.95. The smallest absolute Gasteiger partial charge is 0.384 e. The summed E-state index contributed by atoms with van der Waals surface area (Å²) in [4.78, 5) is 35.1. The number of carbonyl (C=O) groups excluding carboxylic acids is 3. The van der Waals surface area contributed by atoms with Crippen LogP contribution in [0.4, 0.5) is 53.3 Å². The highest BCUT2D eigenvalue weighted by molar-refractivity contribution is 7.18. The van der Waals surface area contributed by atoms with Crippen LogP contribution in [-0.4, -0.2) is 67.3 Å². The van der Waals surface area contributed by atoms with Crippen molar-refractivity contribution in [1.82, 2.24) is 0 Å². The van der Waals surface area contributed by atoms with Gasteiger partial charge in [0.05, 0.1) is 19.8 Å². The van der Waals surface area contributed by atoms with E-state index in [1.165, 1.54) is 0 Å². The zero-order valence-electron chi connectivity index (χ0n) is 16.6. The lowest BCUT2D eigenvalue weighted by Crippen LogP contribution is -2.86. The van der Waals surface area contributed by atoms with E-state index in [9.17, 15) is 62.7 Å². The minimum Gasteiger partial charge on any atom is -0.465 e. The molecule has 18 heteroatoms. The minimum atomic E-state index is -7.50. The molecule has 1 amide bonds. The van der Waals surface area contributed by atoms with Crippen LogP contribution in [-0.2, 0) is 14.3 Å². The molecule has 0 unspecified atom stereocenters. The van der Waals surface area contributed by atoms with E-state index in [2.05, 4.69) is 9.47 Å². The van der Waals surface area contributed by atoms with Gasteiger partial charge in [-0.1, -0.05) is 0 Å². The SMILES string of the molecule is COC(=O)c1sc(NC(=O)C2(F)C(F)(F)C(F)(F)C(F)(F)C(F)(F)C2(F)F)c(C(=O)OC)c1C. The number of amides is 1. The maximum atomic E-state index is 14.9. The summed E-state index contributed by atoms with van der Waals surface area (Å²) in [7, 11) is 1.48. The fourth-order valence-corrected chi connectivity index (χ4v) is 4.04. The zero-order chi connectivity index (χ0) is 26.9. The second-order valence-electron chi connectivity index (χ2n) is 6.73. The second-order valence-corrected chi connectivity index (χ2v) is 7.75. The van der Waals surface area contributed by atoms with Gasteiger partial charge in [0.2, 0.25) is 0 Å². The maximum absolute atomic E-state index is 14.9. The van der Waals surface area contributed by atoms with E-state index >= 15 is 0 Å². The van der Waals surface area contributed by atoms with Crippen molar-refractivity contribution in [1.29, 1.82) is 0 Å². The van der Waals surface area contributed by atoms with Crippen LogP contribution >= 0.6 is 11.3 Å². The van der Waals surface area contributed by atoms with E-state index in [0.717, 1.165) is 19.4 Å². The van der Waals surface area contributed by atoms with Gasteiger partial charge in [0.1, 0.15) is 9.88 Å². The molecule has 1 saturated carbocycles. The molecule has 1 aromatic rings. The molecular formula is C16H10F11NO5S. The summed E-state index contributed by atoms with van der Waals surface area (Å²) in [6, 6.07) is 0. The Hall–Kier alpha value is -2.66. The number of esters is 2. The summed E-state index contributed by atoms with van der Waals surface area (Å²) in [5.41, 5.74) is -8.45. The van der Waals surface area contributed by atoms with Gasteiger partial charge in [-0.25, -0.2) is 14.0 Å². The second kappa shape index (κ2) is 7.67. The first kappa shape index (κ1) is 27.6. The highest BCUT2D eigenvalue weighted by Gasteiger charge is 3.02. The van der Waals surface area contributed by atoms with Crippen LogP contribution in [0, 0.1) is 6.92 Å². The Morgan fingerprint density at radius 3 is 1.47 bits per heavy atom. The van der Waals surface area contributed by atoms with Gasteiger partial charge in [0, 0.05) is 0 Å². The molecule has 6 nitrogen and oxygen atoms in total. The lowest BCUT2D eigenvalue weighted by atomic mass is 9.71. The third-order valence-electron chi connectivity index (χ3n) is 4.89. The molecule has 0 bridgehead atoms. The summed E-state index contributed by atoms with van der Waals surface area (Å²) >= 11 is -0.134. The lowest BCUT2D eigenvalue weighted by molar-refractivity contribution is -0.475. The number of halogens is 11. The number of hydrogen-bond acceptors (Lipinski definition) is 6. The predicted octanol–water partition coefficient (Wildman–Crippen LogP) is 4.47. The molecule has 1 aliphatic carbocycles. The Kier molecular flexibility index (Phi) is 6.23. The van der Waals surface area contributed by atoms with E-state index in [1.807, 2.05) is 0 Å². The van der Waals surface area contributed by atoms with Gasteiger partial charge < -0.3 is 14.8 Å². The number of ether oxygens (including phenoxy) is 2. The number of alkyl halides is 11. The molecule has 1 heterocycles. The van der Waals surface area contributed by atoms with Gasteiger partial charge in [-0.3, -0.25) is 4.79 Å². The quantitative estimate of drug-likeness (QED) is 0.453. The monoisotopic (exact) mass is 537 g/mol. The number of carbonyl (C=O) groups is 3. The average molecular weight is 537 g/mol. The van der Waals surface area contributed by atoms with Gasteiger partial charge >= 0.3 is 47.2 Å². The van der Waals surface area contributed by atoms with Crippen molar-refractivity contribution >= 4 is 34.2 Å². The summed E-state index contributed by atoms with van der Waals surface area (Å²) < 4.78 is 161. The Morgan fingerprint density at radius 1 is 0.706 bits per heavy atom. The highest BCUT2D eigenvalue weighted by Crippen LogP contribution is 2.69.